The van der Waals surface area contributed by atoms with Crippen molar-refractivity contribution in [2.75, 3.05) is 19.7 Å². The van der Waals surface area contributed by atoms with Crippen LogP contribution in [0.2, 0.25) is 0 Å². The minimum atomic E-state index is -2.11. The molecule has 178 valence electrons. The summed E-state index contributed by atoms with van der Waals surface area (Å²) in [5.41, 5.74) is 0. The molecule has 0 rings (SSSR count). The molecule has 0 unspecified atom stereocenters. The van der Waals surface area contributed by atoms with E-state index in [1.165, 1.54) is 116 Å². The Morgan fingerprint density at radius 2 is 0.862 bits per heavy atom. The molecule has 0 heterocycles. The van der Waals surface area contributed by atoms with E-state index in [9.17, 15) is 0 Å². The summed E-state index contributed by atoms with van der Waals surface area (Å²) in [5.74, 6) is 0. The smallest absolute Gasteiger partial charge is 0.327 e. The van der Waals surface area contributed by atoms with Gasteiger partial charge in [0.1, 0.15) is 0 Å². The highest BCUT2D eigenvalue weighted by Gasteiger charge is 1.95. The van der Waals surface area contributed by atoms with Gasteiger partial charge in [0, 0.05) is 0 Å². The van der Waals surface area contributed by atoms with Crippen molar-refractivity contribution in [3.8, 4) is 0 Å². The normalized spacial score (nSPS) is 11.0. The maximum Gasteiger partial charge on any atom is 0.327 e. The Hall–Kier alpha value is 0.270. The fourth-order valence-electron chi connectivity index (χ4n) is 3.18. The summed E-state index contributed by atoms with van der Waals surface area (Å²) in [4.78, 5) is 16.4. The third kappa shape index (κ3) is 36.0. The summed E-state index contributed by atoms with van der Waals surface area (Å²) < 4.78 is 4.46. The summed E-state index contributed by atoms with van der Waals surface area (Å²) in [7, 11) is -2.11. The predicted octanol–water partition coefficient (Wildman–Crippen LogP) is 7.87. The van der Waals surface area contributed by atoms with Crippen molar-refractivity contribution >= 4 is 8.60 Å². The van der Waals surface area contributed by atoms with Gasteiger partial charge in [-0.2, -0.15) is 0 Å². The van der Waals surface area contributed by atoms with Gasteiger partial charge >= 0.3 is 8.60 Å². The quantitative estimate of drug-likeness (QED) is 0.120. The molecular formula is C24H54NO3P. The summed E-state index contributed by atoms with van der Waals surface area (Å²) in [5, 5.41) is 3.58. The van der Waals surface area contributed by atoms with Crippen LogP contribution in [-0.4, -0.2) is 29.5 Å². The molecule has 3 N–H and O–H groups in total. The molecule has 0 spiro atoms. The molecule has 0 saturated heterocycles. The van der Waals surface area contributed by atoms with Crippen molar-refractivity contribution in [3.63, 3.8) is 0 Å². The Labute approximate surface area is 184 Å². The van der Waals surface area contributed by atoms with Crippen LogP contribution in [0.5, 0.6) is 0 Å². The second-order valence-electron chi connectivity index (χ2n) is 8.14. The average molecular weight is 436 g/mol. The van der Waals surface area contributed by atoms with Crippen molar-refractivity contribution < 1.29 is 14.3 Å². The lowest BCUT2D eigenvalue weighted by molar-refractivity contribution is 0.251. The topological polar surface area (TPSA) is 61.7 Å². The SMILES string of the molecule is CCCCCCCCCCCCCCNCCCCCC.CCCCOP(O)O. The first kappa shape index (κ1) is 31.5. The Kier molecular flexibility index (Phi) is 33.0. The van der Waals surface area contributed by atoms with Crippen LogP contribution >= 0.6 is 8.60 Å². The lowest BCUT2D eigenvalue weighted by Crippen LogP contribution is -2.16. The van der Waals surface area contributed by atoms with Crippen LogP contribution in [0.1, 0.15) is 136 Å². The number of hydrogen-bond acceptors (Lipinski definition) is 4. The van der Waals surface area contributed by atoms with E-state index in [0.717, 1.165) is 12.8 Å². The number of nitrogens with one attached hydrogen (secondary N) is 1. The van der Waals surface area contributed by atoms with Gasteiger partial charge in [-0.05, 0) is 32.4 Å². The largest absolute Gasteiger partial charge is 0.328 e. The van der Waals surface area contributed by atoms with Gasteiger partial charge in [0.25, 0.3) is 0 Å². The molecular weight excluding hydrogens is 381 g/mol. The van der Waals surface area contributed by atoms with Crippen LogP contribution in [0.25, 0.3) is 0 Å². The zero-order chi connectivity index (χ0) is 21.8. The third-order valence-corrected chi connectivity index (χ3v) is 5.53. The van der Waals surface area contributed by atoms with Crippen LogP contribution < -0.4 is 5.32 Å². The Morgan fingerprint density at radius 1 is 0.517 bits per heavy atom. The molecule has 29 heavy (non-hydrogen) atoms. The van der Waals surface area contributed by atoms with Gasteiger partial charge in [0.15, 0.2) is 0 Å². The number of hydrogen-bond donors (Lipinski definition) is 3. The molecule has 0 aromatic heterocycles. The van der Waals surface area contributed by atoms with Gasteiger partial charge < -0.3 is 19.6 Å². The van der Waals surface area contributed by atoms with Crippen LogP contribution in [0, 0.1) is 0 Å². The summed E-state index contributed by atoms with van der Waals surface area (Å²) >= 11 is 0. The lowest BCUT2D eigenvalue weighted by Gasteiger charge is -2.05. The van der Waals surface area contributed by atoms with Crippen LogP contribution in [0.3, 0.4) is 0 Å². The molecule has 4 nitrogen and oxygen atoms in total. The molecule has 0 aromatic carbocycles. The van der Waals surface area contributed by atoms with Gasteiger partial charge in [-0.25, -0.2) is 0 Å². The lowest BCUT2D eigenvalue weighted by atomic mass is 10.1. The van der Waals surface area contributed by atoms with Crippen LogP contribution in [0.15, 0.2) is 0 Å². The second-order valence-corrected chi connectivity index (χ2v) is 8.90. The fourth-order valence-corrected chi connectivity index (χ4v) is 3.48. The molecule has 0 radical (unpaired) electrons. The van der Waals surface area contributed by atoms with E-state index in [1.54, 1.807) is 0 Å². The van der Waals surface area contributed by atoms with Gasteiger partial charge in [-0.1, -0.05) is 117 Å². The minimum Gasteiger partial charge on any atom is -0.328 e. The van der Waals surface area contributed by atoms with Gasteiger partial charge in [0.05, 0.1) is 6.61 Å². The zero-order valence-corrected chi connectivity index (χ0v) is 21.0. The monoisotopic (exact) mass is 435 g/mol. The highest BCUT2D eigenvalue weighted by Crippen LogP contribution is 2.24. The van der Waals surface area contributed by atoms with E-state index >= 15 is 0 Å². The molecule has 0 aliphatic rings. The van der Waals surface area contributed by atoms with E-state index in [4.69, 9.17) is 9.79 Å². The van der Waals surface area contributed by atoms with E-state index < -0.39 is 8.60 Å². The van der Waals surface area contributed by atoms with Crippen molar-refractivity contribution in [2.24, 2.45) is 0 Å². The first-order valence-corrected chi connectivity index (χ1v) is 13.9. The molecule has 0 fully saturated rings. The maximum atomic E-state index is 8.18. The Balaban J connectivity index is 0. The molecule has 0 atom stereocenters. The van der Waals surface area contributed by atoms with Crippen molar-refractivity contribution in [1.82, 2.24) is 5.32 Å². The standard InChI is InChI=1S/C20H43N.C4H11O3P/c1-3-5-7-9-10-11-12-13-14-15-16-18-20-21-19-17-8-6-4-2;1-2-3-4-7-8(5)6/h21H,3-20H2,1-2H3;5-6H,2-4H2,1H3. The average Bonchev–Trinajstić information content (AvgIpc) is 2.71. The summed E-state index contributed by atoms with van der Waals surface area (Å²) in [6, 6.07) is 0. The highest BCUT2D eigenvalue weighted by atomic mass is 31.2. The third-order valence-electron chi connectivity index (χ3n) is 5.12. The van der Waals surface area contributed by atoms with E-state index in [0.29, 0.717) is 6.61 Å². The van der Waals surface area contributed by atoms with Gasteiger partial charge in [-0.15, -0.1) is 0 Å². The van der Waals surface area contributed by atoms with Crippen molar-refractivity contribution in [1.29, 1.82) is 0 Å². The Morgan fingerprint density at radius 3 is 1.24 bits per heavy atom. The van der Waals surface area contributed by atoms with Crippen LogP contribution in [-0.2, 0) is 4.52 Å². The molecule has 0 aliphatic carbocycles. The number of rotatable bonds is 22. The minimum absolute atomic E-state index is 0.454. The molecule has 5 heteroatoms. The number of unbranched alkanes of at least 4 members (excludes halogenated alkanes) is 15. The van der Waals surface area contributed by atoms with Crippen molar-refractivity contribution in [3.05, 3.63) is 0 Å². The zero-order valence-electron chi connectivity index (χ0n) is 20.1. The molecule has 0 aliphatic heterocycles. The van der Waals surface area contributed by atoms with E-state index in [2.05, 4.69) is 23.7 Å². The molecule has 0 amide bonds. The Bertz CT molecular complexity index is 251. The van der Waals surface area contributed by atoms with Crippen LogP contribution in [0.4, 0.5) is 0 Å². The molecule has 0 bridgehead atoms. The van der Waals surface area contributed by atoms with Gasteiger partial charge in [0.2, 0.25) is 0 Å². The molecule has 0 saturated carbocycles. The maximum absolute atomic E-state index is 8.18. The summed E-state index contributed by atoms with van der Waals surface area (Å²) in [6.45, 7) is 9.51. The van der Waals surface area contributed by atoms with Gasteiger partial charge in [-0.3, -0.25) is 0 Å². The summed E-state index contributed by atoms with van der Waals surface area (Å²) in [6.07, 6.45) is 24.8. The van der Waals surface area contributed by atoms with E-state index in [1.807, 2.05) is 6.92 Å². The first-order chi connectivity index (χ1) is 14.2. The molecule has 0 aromatic rings. The second kappa shape index (κ2) is 30.5. The van der Waals surface area contributed by atoms with E-state index in [-0.39, 0.29) is 0 Å². The van der Waals surface area contributed by atoms with Crippen molar-refractivity contribution in [2.45, 2.75) is 136 Å². The highest BCUT2D eigenvalue weighted by molar-refractivity contribution is 7.39. The predicted molar refractivity (Wildman–Crippen MR) is 130 cm³/mol. The first-order valence-electron chi connectivity index (χ1n) is 12.7. The fraction of sp³-hybridized carbons (Fsp3) is 1.00.